The lowest BCUT2D eigenvalue weighted by Crippen LogP contribution is -2.69. The number of aromatic amines is 1. The lowest BCUT2D eigenvalue weighted by Gasteiger charge is -2.56. The van der Waals surface area contributed by atoms with Gasteiger partial charge < -0.3 is 10.3 Å². The highest BCUT2D eigenvalue weighted by molar-refractivity contribution is 5.84. The normalized spacial score (nSPS) is 26.2. The average Bonchev–Trinajstić information content (AvgIpc) is 3.27. The van der Waals surface area contributed by atoms with E-state index >= 15 is 0 Å². The third kappa shape index (κ3) is 3.20. The largest absolute Gasteiger partial charge is 0.354 e. The zero-order chi connectivity index (χ0) is 19.5. The van der Waals surface area contributed by atoms with Crippen LogP contribution < -0.4 is 5.32 Å². The fourth-order valence-electron chi connectivity index (χ4n) is 4.78. The van der Waals surface area contributed by atoms with Crippen molar-refractivity contribution in [3.05, 3.63) is 29.3 Å². The highest BCUT2D eigenvalue weighted by atomic mass is 19.1. The predicted molar refractivity (Wildman–Crippen MR) is 105 cm³/mol. The van der Waals surface area contributed by atoms with E-state index in [0.717, 1.165) is 68.0 Å². The molecule has 2 bridgehead atoms. The molecule has 3 saturated heterocycles. The number of piperazine rings is 1. The Morgan fingerprint density at radius 3 is 2.82 bits per heavy atom. The fraction of sp³-hybridized carbons (Fsp3) is 0.619. The van der Waals surface area contributed by atoms with Gasteiger partial charge in [-0.2, -0.15) is 0 Å². The maximum Gasteiger partial charge on any atom is 0.225 e. The van der Waals surface area contributed by atoms with E-state index < -0.39 is 0 Å². The van der Waals surface area contributed by atoms with Crippen LogP contribution in [-0.2, 0) is 11.3 Å². The minimum atomic E-state index is -0.224. The molecule has 6 nitrogen and oxygen atoms in total. The molecule has 1 aromatic carbocycles. The van der Waals surface area contributed by atoms with Gasteiger partial charge in [-0.15, -0.1) is 0 Å². The van der Waals surface area contributed by atoms with Crippen LogP contribution in [0, 0.1) is 18.2 Å². The summed E-state index contributed by atoms with van der Waals surface area (Å²) in [5, 5.41) is 3.11. The summed E-state index contributed by atoms with van der Waals surface area (Å²) in [6.07, 6.45) is 3.29. The van der Waals surface area contributed by atoms with Gasteiger partial charge >= 0.3 is 0 Å². The zero-order valence-electron chi connectivity index (χ0n) is 16.6. The zero-order valence-corrected chi connectivity index (χ0v) is 16.6. The third-order valence-corrected chi connectivity index (χ3v) is 6.79. The third-order valence-electron chi connectivity index (χ3n) is 6.79. The van der Waals surface area contributed by atoms with Crippen LogP contribution in [0.2, 0.25) is 0 Å². The smallest absolute Gasteiger partial charge is 0.225 e. The number of aryl methyl sites for hydroxylation is 1. The van der Waals surface area contributed by atoms with E-state index in [1.54, 1.807) is 0 Å². The molecule has 28 heavy (non-hydrogen) atoms. The van der Waals surface area contributed by atoms with E-state index in [4.69, 9.17) is 0 Å². The fourth-order valence-corrected chi connectivity index (χ4v) is 4.78. The SMILES string of the molecule is Cc1cc(F)cc2[nH]c(CN3CC4CC(C3)N4CCNC(=O)C3(C)CC3)nc12. The molecule has 4 fully saturated rings. The molecule has 1 amide bonds. The van der Waals surface area contributed by atoms with Gasteiger partial charge in [0.25, 0.3) is 0 Å². The van der Waals surface area contributed by atoms with Crippen LogP contribution in [0.3, 0.4) is 0 Å². The van der Waals surface area contributed by atoms with Crippen molar-refractivity contribution in [3.8, 4) is 0 Å². The van der Waals surface area contributed by atoms with Crippen molar-refractivity contribution >= 4 is 16.9 Å². The second-order valence-corrected chi connectivity index (χ2v) is 9.09. The maximum atomic E-state index is 13.6. The van der Waals surface area contributed by atoms with Gasteiger partial charge in [0.1, 0.15) is 11.6 Å². The standard InChI is InChI=1S/C21H28FN5O/c1-13-7-14(22)8-17-19(13)25-18(24-17)12-26-10-15-9-16(11-26)27(15)6-5-23-20(28)21(2)3-4-21/h7-8,15-16H,3-6,9-12H2,1-2H3,(H,23,28)(H,24,25). The number of hydrogen-bond acceptors (Lipinski definition) is 4. The molecule has 1 saturated carbocycles. The predicted octanol–water partition coefficient (Wildman–Crippen LogP) is 2.19. The van der Waals surface area contributed by atoms with Gasteiger partial charge in [0.15, 0.2) is 0 Å². The summed E-state index contributed by atoms with van der Waals surface area (Å²) < 4.78 is 13.6. The van der Waals surface area contributed by atoms with Crippen LogP contribution in [0.15, 0.2) is 12.1 Å². The van der Waals surface area contributed by atoms with Gasteiger partial charge in [-0.05, 0) is 43.9 Å². The molecule has 4 heterocycles. The highest BCUT2D eigenvalue weighted by Crippen LogP contribution is 2.45. The first-order valence-electron chi connectivity index (χ1n) is 10.3. The monoisotopic (exact) mass is 385 g/mol. The number of carbonyl (C=O) groups is 1. The van der Waals surface area contributed by atoms with Crippen molar-refractivity contribution in [2.45, 2.75) is 51.7 Å². The molecule has 0 spiro atoms. The molecule has 150 valence electrons. The van der Waals surface area contributed by atoms with Gasteiger partial charge in [0.05, 0.1) is 17.6 Å². The Hall–Kier alpha value is -1.99. The van der Waals surface area contributed by atoms with Crippen LogP contribution in [0.1, 0.15) is 37.6 Å². The summed E-state index contributed by atoms with van der Waals surface area (Å²) in [4.78, 5) is 25.0. The molecule has 1 aromatic heterocycles. The molecule has 0 radical (unpaired) electrons. The Balaban J connectivity index is 1.14. The highest BCUT2D eigenvalue weighted by Gasteiger charge is 2.46. The van der Waals surface area contributed by atoms with E-state index in [0.29, 0.717) is 12.1 Å². The Bertz CT molecular complexity index is 909. The minimum absolute atomic E-state index is 0.0878. The first-order valence-corrected chi connectivity index (χ1v) is 10.3. The topological polar surface area (TPSA) is 64.3 Å². The molecule has 7 heteroatoms. The Morgan fingerprint density at radius 2 is 2.11 bits per heavy atom. The van der Waals surface area contributed by atoms with E-state index in [1.807, 2.05) is 13.8 Å². The molecule has 2 unspecified atom stereocenters. The first kappa shape index (κ1) is 18.1. The summed E-state index contributed by atoms with van der Waals surface area (Å²) in [6, 6.07) is 4.18. The van der Waals surface area contributed by atoms with E-state index in [1.165, 1.54) is 18.6 Å². The van der Waals surface area contributed by atoms with Crippen molar-refractivity contribution in [1.29, 1.82) is 0 Å². The number of nitrogens with zero attached hydrogens (tertiary/aromatic N) is 3. The van der Waals surface area contributed by atoms with Gasteiger partial charge in [-0.1, -0.05) is 6.92 Å². The van der Waals surface area contributed by atoms with Crippen LogP contribution in [0.4, 0.5) is 4.39 Å². The lowest BCUT2D eigenvalue weighted by molar-refractivity contribution is -0.126. The molecule has 2 atom stereocenters. The van der Waals surface area contributed by atoms with Crippen molar-refractivity contribution in [2.24, 2.45) is 5.41 Å². The molecule has 3 aliphatic heterocycles. The summed E-state index contributed by atoms with van der Waals surface area (Å²) in [5.74, 6) is 0.899. The lowest BCUT2D eigenvalue weighted by atomic mass is 9.87. The second kappa shape index (κ2) is 6.52. The Kier molecular flexibility index (Phi) is 4.21. The summed E-state index contributed by atoms with van der Waals surface area (Å²) in [7, 11) is 0. The van der Waals surface area contributed by atoms with E-state index in [9.17, 15) is 9.18 Å². The average molecular weight is 385 g/mol. The number of benzene rings is 1. The molecular weight excluding hydrogens is 357 g/mol. The number of fused-ring (bicyclic) bond motifs is 3. The van der Waals surface area contributed by atoms with E-state index in [2.05, 4.69) is 25.1 Å². The van der Waals surface area contributed by atoms with Gasteiger partial charge in [0, 0.05) is 43.7 Å². The van der Waals surface area contributed by atoms with Gasteiger partial charge in [0.2, 0.25) is 5.91 Å². The number of carbonyl (C=O) groups excluding carboxylic acids is 1. The Morgan fingerprint density at radius 1 is 1.36 bits per heavy atom. The van der Waals surface area contributed by atoms with E-state index in [-0.39, 0.29) is 17.1 Å². The molecule has 4 aliphatic rings. The second-order valence-electron chi connectivity index (χ2n) is 9.09. The number of halogens is 1. The maximum absolute atomic E-state index is 13.6. The number of hydrogen-bond donors (Lipinski definition) is 2. The number of nitrogens with one attached hydrogen (secondary N) is 2. The number of aromatic nitrogens is 2. The summed E-state index contributed by atoms with van der Waals surface area (Å²) >= 11 is 0. The summed E-state index contributed by atoms with van der Waals surface area (Å²) in [6.45, 7) is 8.44. The number of imidazole rings is 1. The van der Waals surface area contributed by atoms with Crippen LogP contribution in [0.5, 0.6) is 0 Å². The number of piperidine rings is 1. The van der Waals surface area contributed by atoms with Crippen LogP contribution >= 0.6 is 0 Å². The van der Waals surface area contributed by atoms with Crippen molar-refractivity contribution in [3.63, 3.8) is 0 Å². The van der Waals surface area contributed by atoms with Gasteiger partial charge in [-0.25, -0.2) is 9.37 Å². The van der Waals surface area contributed by atoms with Crippen molar-refractivity contribution < 1.29 is 9.18 Å². The summed E-state index contributed by atoms with van der Waals surface area (Å²) in [5.41, 5.74) is 2.42. The molecular formula is C21H28FN5O. The quantitative estimate of drug-likeness (QED) is 0.800. The number of H-pyrrole nitrogens is 1. The molecule has 2 N–H and O–H groups in total. The number of amides is 1. The number of rotatable bonds is 6. The minimum Gasteiger partial charge on any atom is -0.354 e. The van der Waals surface area contributed by atoms with Crippen LogP contribution in [-0.4, -0.2) is 63.9 Å². The molecule has 1 aliphatic carbocycles. The Labute approximate surface area is 164 Å². The molecule has 6 rings (SSSR count). The molecule has 2 aromatic rings. The van der Waals surface area contributed by atoms with Crippen LogP contribution in [0.25, 0.3) is 11.0 Å². The van der Waals surface area contributed by atoms with Gasteiger partial charge in [-0.3, -0.25) is 14.6 Å². The van der Waals surface area contributed by atoms with Crippen molar-refractivity contribution in [1.82, 2.24) is 25.1 Å². The van der Waals surface area contributed by atoms with Crippen molar-refractivity contribution in [2.75, 3.05) is 26.2 Å². The first-order chi connectivity index (χ1) is 13.4.